The molecule has 2 aromatic carbocycles. The molecule has 0 aliphatic carbocycles. The van der Waals surface area contributed by atoms with E-state index in [1.54, 1.807) is 29.2 Å². The molecule has 1 aromatic heterocycles. The van der Waals surface area contributed by atoms with Gasteiger partial charge in [0, 0.05) is 19.6 Å². The number of hydrogen-bond donors (Lipinski definition) is 2. The second-order valence-electron chi connectivity index (χ2n) is 8.27. The summed E-state index contributed by atoms with van der Waals surface area (Å²) in [6.07, 6.45) is 3.04. The Labute approximate surface area is 202 Å². The SMILES string of the molecule is C=C(C#N)C(=O)N1CCC(CNc2ncnc(N)c2-c2ccc(Oc3ccc(F)cc3)cc2)CC1. The van der Waals surface area contributed by atoms with Crippen molar-refractivity contribution in [2.24, 2.45) is 5.92 Å². The van der Waals surface area contributed by atoms with E-state index < -0.39 is 0 Å². The van der Waals surface area contributed by atoms with Crippen molar-refractivity contribution >= 4 is 17.5 Å². The fourth-order valence-corrected chi connectivity index (χ4v) is 3.97. The number of anilines is 2. The molecule has 1 aliphatic heterocycles. The number of nitrogens with one attached hydrogen (secondary N) is 1. The van der Waals surface area contributed by atoms with Gasteiger partial charge >= 0.3 is 0 Å². The second-order valence-corrected chi connectivity index (χ2v) is 8.27. The minimum absolute atomic E-state index is 0.0308. The van der Waals surface area contributed by atoms with Crippen molar-refractivity contribution in [3.63, 3.8) is 0 Å². The molecular weight excluding hydrogens is 447 g/mol. The molecule has 0 bridgehead atoms. The number of amides is 1. The Morgan fingerprint density at radius 3 is 2.40 bits per heavy atom. The number of piperidine rings is 1. The van der Waals surface area contributed by atoms with Gasteiger partial charge in [-0.25, -0.2) is 14.4 Å². The van der Waals surface area contributed by atoms with Crippen molar-refractivity contribution in [1.82, 2.24) is 14.9 Å². The van der Waals surface area contributed by atoms with Crippen LogP contribution < -0.4 is 15.8 Å². The first-order valence-corrected chi connectivity index (χ1v) is 11.2. The molecule has 3 N–H and O–H groups in total. The first-order valence-electron chi connectivity index (χ1n) is 11.2. The highest BCUT2D eigenvalue weighted by Crippen LogP contribution is 2.33. The fraction of sp³-hybridized carbons (Fsp3) is 0.231. The zero-order valence-electron chi connectivity index (χ0n) is 19.1. The minimum atomic E-state index is -0.323. The van der Waals surface area contributed by atoms with Crippen molar-refractivity contribution in [2.75, 3.05) is 30.7 Å². The standard InChI is InChI=1S/C26H25FN6O2/c1-17(14-28)26(34)33-12-10-18(11-13-33)15-30-25-23(24(29)31-16-32-25)19-2-6-21(7-3-19)35-22-8-4-20(27)5-9-22/h2-9,16,18H,1,10-13,15H2,(H3,29,30,31,32). The summed E-state index contributed by atoms with van der Waals surface area (Å²) in [5.74, 6) is 1.84. The molecule has 9 heteroatoms. The molecule has 2 heterocycles. The van der Waals surface area contributed by atoms with Crippen LogP contribution >= 0.6 is 0 Å². The average Bonchev–Trinajstić information content (AvgIpc) is 2.89. The number of halogens is 1. The Morgan fingerprint density at radius 2 is 1.77 bits per heavy atom. The Balaban J connectivity index is 1.40. The van der Waals surface area contributed by atoms with Crippen LogP contribution in [0.3, 0.4) is 0 Å². The van der Waals surface area contributed by atoms with Gasteiger partial charge in [0.15, 0.2) is 0 Å². The number of nitrogen functional groups attached to an aromatic ring is 1. The van der Waals surface area contributed by atoms with E-state index in [1.165, 1.54) is 18.5 Å². The lowest BCUT2D eigenvalue weighted by Crippen LogP contribution is -2.40. The van der Waals surface area contributed by atoms with Gasteiger partial charge in [0.2, 0.25) is 0 Å². The van der Waals surface area contributed by atoms with Crippen molar-refractivity contribution in [1.29, 1.82) is 5.26 Å². The number of nitriles is 1. The summed E-state index contributed by atoms with van der Waals surface area (Å²) in [4.78, 5) is 22.3. The molecule has 0 saturated carbocycles. The quantitative estimate of drug-likeness (QED) is 0.387. The van der Waals surface area contributed by atoms with Gasteiger partial charge in [0.1, 0.15) is 46.9 Å². The van der Waals surface area contributed by atoms with Gasteiger partial charge in [-0.15, -0.1) is 0 Å². The predicted octanol–water partition coefficient (Wildman–Crippen LogP) is 4.39. The maximum absolute atomic E-state index is 13.1. The molecule has 35 heavy (non-hydrogen) atoms. The number of aromatic nitrogens is 2. The number of nitrogens with zero attached hydrogens (tertiary/aromatic N) is 4. The van der Waals surface area contributed by atoms with Crippen molar-refractivity contribution < 1.29 is 13.9 Å². The average molecular weight is 473 g/mol. The molecule has 4 rings (SSSR count). The third kappa shape index (κ3) is 5.73. The molecule has 0 radical (unpaired) electrons. The van der Waals surface area contributed by atoms with E-state index in [2.05, 4.69) is 21.9 Å². The molecule has 8 nitrogen and oxygen atoms in total. The van der Waals surface area contributed by atoms with Crippen LogP contribution in [-0.2, 0) is 4.79 Å². The Hall–Kier alpha value is -4.45. The zero-order chi connectivity index (χ0) is 24.8. The van der Waals surface area contributed by atoms with Crippen LogP contribution in [0.4, 0.5) is 16.0 Å². The van der Waals surface area contributed by atoms with E-state index in [1.807, 2.05) is 18.2 Å². The lowest BCUT2D eigenvalue weighted by molar-refractivity contribution is -0.127. The molecule has 1 saturated heterocycles. The van der Waals surface area contributed by atoms with Gasteiger partial charge in [-0.05, 0) is 60.7 Å². The van der Waals surface area contributed by atoms with Crippen LogP contribution in [0, 0.1) is 23.1 Å². The topological polar surface area (TPSA) is 117 Å². The number of rotatable bonds is 7. The van der Waals surface area contributed by atoms with Gasteiger partial charge < -0.3 is 20.7 Å². The number of hydrogen-bond acceptors (Lipinski definition) is 7. The van der Waals surface area contributed by atoms with E-state index in [0.29, 0.717) is 54.3 Å². The van der Waals surface area contributed by atoms with Gasteiger partial charge in [-0.2, -0.15) is 5.26 Å². The molecular formula is C26H25FN6O2. The van der Waals surface area contributed by atoms with Gasteiger partial charge in [0.25, 0.3) is 5.91 Å². The summed E-state index contributed by atoms with van der Waals surface area (Å²) >= 11 is 0. The second kappa shape index (κ2) is 10.7. The van der Waals surface area contributed by atoms with E-state index in [-0.39, 0.29) is 17.3 Å². The van der Waals surface area contributed by atoms with Gasteiger partial charge in [-0.1, -0.05) is 18.7 Å². The Kier molecular flexibility index (Phi) is 7.21. The van der Waals surface area contributed by atoms with Crippen LogP contribution in [0.25, 0.3) is 11.1 Å². The lowest BCUT2D eigenvalue weighted by atomic mass is 9.96. The van der Waals surface area contributed by atoms with E-state index >= 15 is 0 Å². The first-order chi connectivity index (χ1) is 16.9. The minimum Gasteiger partial charge on any atom is -0.457 e. The Bertz CT molecular complexity index is 1250. The summed E-state index contributed by atoms with van der Waals surface area (Å²) in [6.45, 7) is 5.34. The molecule has 178 valence electrons. The van der Waals surface area contributed by atoms with Gasteiger partial charge in [0.05, 0.1) is 5.56 Å². The van der Waals surface area contributed by atoms with Crippen LogP contribution in [0.5, 0.6) is 11.5 Å². The number of benzene rings is 2. The summed E-state index contributed by atoms with van der Waals surface area (Å²) in [6, 6.07) is 15.0. The first kappa shape index (κ1) is 23.7. The van der Waals surface area contributed by atoms with E-state index in [0.717, 1.165) is 18.4 Å². The number of carbonyl (C=O) groups is 1. The van der Waals surface area contributed by atoms with Crippen molar-refractivity contribution in [2.45, 2.75) is 12.8 Å². The highest BCUT2D eigenvalue weighted by molar-refractivity contribution is 5.96. The predicted molar refractivity (Wildman–Crippen MR) is 131 cm³/mol. The molecule has 1 amide bonds. The Morgan fingerprint density at radius 1 is 1.14 bits per heavy atom. The van der Waals surface area contributed by atoms with E-state index in [4.69, 9.17) is 15.7 Å². The molecule has 1 aliphatic rings. The number of nitrogens with two attached hydrogens (primary N) is 1. The number of ether oxygens (including phenoxy) is 1. The fourth-order valence-electron chi connectivity index (χ4n) is 3.97. The summed E-state index contributed by atoms with van der Waals surface area (Å²) in [5, 5.41) is 12.3. The van der Waals surface area contributed by atoms with Gasteiger partial charge in [-0.3, -0.25) is 4.79 Å². The maximum Gasteiger partial charge on any atom is 0.263 e. The third-order valence-corrected chi connectivity index (χ3v) is 5.92. The molecule has 0 atom stereocenters. The third-order valence-electron chi connectivity index (χ3n) is 5.92. The van der Waals surface area contributed by atoms with Crippen LogP contribution in [0.1, 0.15) is 12.8 Å². The molecule has 3 aromatic rings. The monoisotopic (exact) mass is 472 g/mol. The largest absolute Gasteiger partial charge is 0.457 e. The number of carbonyl (C=O) groups excluding carboxylic acids is 1. The van der Waals surface area contributed by atoms with Crippen LogP contribution in [0.15, 0.2) is 67.0 Å². The zero-order valence-corrected chi connectivity index (χ0v) is 19.1. The normalized spacial score (nSPS) is 13.7. The number of likely N-dealkylation sites (tertiary alicyclic amines) is 1. The lowest BCUT2D eigenvalue weighted by Gasteiger charge is -2.32. The smallest absolute Gasteiger partial charge is 0.263 e. The summed E-state index contributed by atoms with van der Waals surface area (Å²) in [5.41, 5.74) is 7.68. The highest BCUT2D eigenvalue weighted by Gasteiger charge is 2.24. The molecule has 1 fully saturated rings. The van der Waals surface area contributed by atoms with Crippen LogP contribution in [-0.4, -0.2) is 40.4 Å². The summed E-state index contributed by atoms with van der Waals surface area (Å²) in [7, 11) is 0. The summed E-state index contributed by atoms with van der Waals surface area (Å²) < 4.78 is 18.9. The molecule has 0 spiro atoms. The molecule has 0 unspecified atom stereocenters. The van der Waals surface area contributed by atoms with Crippen LogP contribution in [0.2, 0.25) is 0 Å². The van der Waals surface area contributed by atoms with Crippen molar-refractivity contribution in [3.8, 4) is 28.7 Å². The highest BCUT2D eigenvalue weighted by atomic mass is 19.1. The van der Waals surface area contributed by atoms with E-state index in [9.17, 15) is 9.18 Å². The maximum atomic E-state index is 13.1. The van der Waals surface area contributed by atoms with Crippen molar-refractivity contribution in [3.05, 3.63) is 72.8 Å².